The van der Waals surface area contributed by atoms with Crippen LogP contribution >= 0.6 is 0 Å². The van der Waals surface area contributed by atoms with Crippen LogP contribution in [-0.2, 0) is 14.1 Å². The molecule has 1 aliphatic rings. The number of nitrogens with two attached hydrogens (primary N) is 1. The van der Waals surface area contributed by atoms with Crippen LogP contribution in [-0.4, -0.2) is 34.7 Å². The average molecular weight is 337 g/mol. The number of guanidine groups is 1. The Morgan fingerprint density at radius 1 is 1.12 bits per heavy atom. The van der Waals surface area contributed by atoms with Crippen LogP contribution in [0.2, 0.25) is 0 Å². The van der Waals surface area contributed by atoms with E-state index in [1.165, 1.54) is 12.8 Å². The number of hydrogen-bond donors (Lipinski definition) is 1. The van der Waals surface area contributed by atoms with E-state index >= 15 is 0 Å². The zero-order chi connectivity index (χ0) is 17.6. The Bertz CT molecular complexity index is 772. The molecule has 6 nitrogen and oxygen atoms in total. The minimum atomic E-state index is 0.503. The van der Waals surface area contributed by atoms with E-state index in [9.17, 15) is 0 Å². The van der Waals surface area contributed by atoms with Gasteiger partial charge in [-0.25, -0.2) is 9.13 Å². The Morgan fingerprint density at radius 3 is 2.44 bits per heavy atom. The molecular formula is C19H25N6+. The molecule has 0 aliphatic carbocycles. The van der Waals surface area contributed by atoms with Crippen LogP contribution in [0.5, 0.6) is 0 Å². The summed E-state index contributed by atoms with van der Waals surface area (Å²) in [5.74, 6) is 1.64. The Hall–Kier alpha value is -2.89. The van der Waals surface area contributed by atoms with Gasteiger partial charge in [0.25, 0.3) is 5.82 Å². The molecule has 1 aromatic heterocycles. The quantitative estimate of drug-likeness (QED) is 0.400. The normalized spacial score (nSPS) is 15.8. The van der Waals surface area contributed by atoms with E-state index in [2.05, 4.69) is 48.5 Å². The second-order valence-corrected chi connectivity index (χ2v) is 6.28. The van der Waals surface area contributed by atoms with Crippen LogP contribution in [0.1, 0.15) is 29.8 Å². The van der Waals surface area contributed by atoms with Crippen LogP contribution in [0.3, 0.4) is 0 Å². The Labute approximate surface area is 148 Å². The number of imidazole rings is 1. The maximum absolute atomic E-state index is 5.93. The van der Waals surface area contributed by atoms with E-state index in [1.807, 2.05) is 38.6 Å². The lowest BCUT2D eigenvalue weighted by Crippen LogP contribution is -2.34. The molecule has 3 rings (SSSR count). The highest BCUT2D eigenvalue weighted by Crippen LogP contribution is 2.08. The molecule has 1 aromatic carbocycles. The predicted octanol–water partition coefficient (Wildman–Crippen LogP) is 1.76. The molecule has 6 heteroatoms. The summed E-state index contributed by atoms with van der Waals surface area (Å²) in [6.07, 6.45) is 12.4. The first kappa shape index (κ1) is 17.0. The fraction of sp³-hybridized carbons (Fsp3) is 0.316. The number of nitrogens with zero attached hydrogens (tertiary/aromatic N) is 5. The van der Waals surface area contributed by atoms with Gasteiger partial charge < -0.3 is 10.6 Å². The van der Waals surface area contributed by atoms with Crippen molar-refractivity contribution in [1.82, 2.24) is 9.47 Å². The molecule has 2 aromatic rings. The first-order chi connectivity index (χ1) is 12.1. The Balaban J connectivity index is 1.62. The van der Waals surface area contributed by atoms with Gasteiger partial charge in [0, 0.05) is 19.2 Å². The summed E-state index contributed by atoms with van der Waals surface area (Å²) in [6, 6.07) is 8.17. The van der Waals surface area contributed by atoms with Gasteiger partial charge in [-0.3, -0.25) is 0 Å². The SMILES string of the molecule is Cn1cc[n+](C)c1/C=C/c1ccc(/C=N/N=C(N)N2CCCC2)cc1. The molecule has 2 heterocycles. The van der Waals surface area contributed by atoms with Crippen molar-refractivity contribution in [3.05, 3.63) is 53.6 Å². The molecule has 0 spiro atoms. The van der Waals surface area contributed by atoms with Crippen LogP contribution in [0.15, 0.2) is 46.9 Å². The lowest BCUT2D eigenvalue weighted by molar-refractivity contribution is -0.672. The molecule has 0 atom stereocenters. The van der Waals surface area contributed by atoms with Gasteiger partial charge in [0.2, 0.25) is 5.96 Å². The van der Waals surface area contributed by atoms with Crippen LogP contribution in [0, 0.1) is 0 Å². The summed E-state index contributed by atoms with van der Waals surface area (Å²) < 4.78 is 4.17. The standard InChI is InChI=1S/C19H24N6/c1-23-13-14-24(2)18(23)10-9-16-5-7-17(8-6-16)15-21-22-19(20)25-11-3-4-12-25/h5-10,13-15,20H,3-4,11-12H2,1-2H3/p+1. The summed E-state index contributed by atoms with van der Waals surface area (Å²) in [6.45, 7) is 1.95. The van der Waals surface area contributed by atoms with E-state index in [4.69, 9.17) is 5.73 Å². The van der Waals surface area contributed by atoms with Crippen LogP contribution < -0.4 is 10.3 Å². The molecule has 130 valence electrons. The first-order valence-electron chi connectivity index (χ1n) is 8.54. The first-order valence-corrected chi connectivity index (χ1v) is 8.54. The monoisotopic (exact) mass is 337 g/mol. The van der Waals surface area contributed by atoms with Gasteiger partial charge in [-0.1, -0.05) is 24.3 Å². The minimum absolute atomic E-state index is 0.503. The van der Waals surface area contributed by atoms with Gasteiger partial charge in [0.1, 0.15) is 12.4 Å². The highest BCUT2D eigenvalue weighted by Gasteiger charge is 2.12. The number of rotatable bonds is 4. The van der Waals surface area contributed by atoms with Crippen molar-refractivity contribution in [2.75, 3.05) is 13.1 Å². The number of aromatic nitrogens is 2. The second-order valence-electron chi connectivity index (χ2n) is 6.28. The molecular weight excluding hydrogens is 312 g/mol. The van der Waals surface area contributed by atoms with Crippen molar-refractivity contribution in [1.29, 1.82) is 0 Å². The lowest BCUT2D eigenvalue weighted by atomic mass is 10.1. The third-order valence-corrected chi connectivity index (χ3v) is 4.39. The number of benzene rings is 1. The molecule has 0 bridgehead atoms. The molecule has 1 aliphatic heterocycles. The maximum atomic E-state index is 5.93. The van der Waals surface area contributed by atoms with Crippen molar-refractivity contribution >= 4 is 24.3 Å². The molecule has 25 heavy (non-hydrogen) atoms. The van der Waals surface area contributed by atoms with Crippen molar-refractivity contribution in [3.8, 4) is 0 Å². The van der Waals surface area contributed by atoms with E-state index in [-0.39, 0.29) is 0 Å². The Kier molecular flexibility index (Phi) is 5.28. The molecule has 1 saturated heterocycles. The molecule has 0 unspecified atom stereocenters. The molecule has 0 radical (unpaired) electrons. The number of likely N-dealkylation sites (tertiary alicyclic amines) is 1. The Morgan fingerprint density at radius 2 is 1.80 bits per heavy atom. The van der Waals surface area contributed by atoms with Gasteiger partial charge in [0.15, 0.2) is 0 Å². The third kappa shape index (κ3) is 4.35. The fourth-order valence-corrected chi connectivity index (χ4v) is 2.86. The topological polar surface area (TPSA) is 62.8 Å². The number of aryl methyl sites for hydroxylation is 2. The minimum Gasteiger partial charge on any atom is -0.368 e. The third-order valence-electron chi connectivity index (χ3n) is 4.39. The highest BCUT2D eigenvalue weighted by molar-refractivity contribution is 5.82. The van der Waals surface area contributed by atoms with E-state index in [1.54, 1.807) is 6.21 Å². The molecule has 0 amide bonds. The van der Waals surface area contributed by atoms with Crippen molar-refractivity contribution < 1.29 is 4.57 Å². The van der Waals surface area contributed by atoms with Crippen LogP contribution in [0.25, 0.3) is 12.2 Å². The lowest BCUT2D eigenvalue weighted by Gasteiger charge is -2.13. The smallest absolute Gasteiger partial charge is 0.280 e. The van der Waals surface area contributed by atoms with E-state index < -0.39 is 0 Å². The average Bonchev–Trinajstić information content (AvgIpc) is 3.25. The summed E-state index contributed by atoms with van der Waals surface area (Å²) in [7, 11) is 4.07. The zero-order valence-electron chi connectivity index (χ0n) is 14.8. The van der Waals surface area contributed by atoms with Crippen LogP contribution in [0.4, 0.5) is 0 Å². The van der Waals surface area contributed by atoms with Crippen molar-refractivity contribution in [2.45, 2.75) is 12.8 Å². The summed E-state index contributed by atoms with van der Waals surface area (Å²) in [5.41, 5.74) is 8.06. The van der Waals surface area contributed by atoms with Gasteiger partial charge in [0.05, 0.1) is 20.3 Å². The van der Waals surface area contributed by atoms with Gasteiger partial charge in [-0.05, 0) is 30.0 Å². The fourth-order valence-electron chi connectivity index (χ4n) is 2.86. The maximum Gasteiger partial charge on any atom is 0.280 e. The largest absolute Gasteiger partial charge is 0.368 e. The second kappa shape index (κ2) is 7.79. The van der Waals surface area contributed by atoms with Crippen molar-refractivity contribution in [2.24, 2.45) is 30.0 Å². The van der Waals surface area contributed by atoms with Gasteiger partial charge in [-0.15, -0.1) is 5.10 Å². The van der Waals surface area contributed by atoms with Gasteiger partial charge in [-0.2, -0.15) is 5.10 Å². The van der Waals surface area contributed by atoms with E-state index in [0.29, 0.717) is 5.96 Å². The molecule has 0 saturated carbocycles. The van der Waals surface area contributed by atoms with Crippen molar-refractivity contribution in [3.63, 3.8) is 0 Å². The van der Waals surface area contributed by atoms with Gasteiger partial charge >= 0.3 is 0 Å². The highest BCUT2D eigenvalue weighted by atomic mass is 15.3. The van der Waals surface area contributed by atoms with E-state index in [0.717, 1.165) is 30.0 Å². The summed E-state index contributed by atoms with van der Waals surface area (Å²) in [5, 5.41) is 8.18. The molecule has 2 N–H and O–H groups in total. The predicted molar refractivity (Wildman–Crippen MR) is 102 cm³/mol. The number of hydrogen-bond acceptors (Lipinski definition) is 2. The summed E-state index contributed by atoms with van der Waals surface area (Å²) >= 11 is 0. The summed E-state index contributed by atoms with van der Waals surface area (Å²) in [4.78, 5) is 2.06. The molecule has 1 fully saturated rings. The zero-order valence-corrected chi connectivity index (χ0v) is 14.8.